The van der Waals surface area contributed by atoms with Crippen LogP contribution in [0.15, 0.2) is 36.7 Å². The standard InChI is InChI=1S/C22H28N4O3/c1-28-18-8-2-3-9-19(18)29-22-21(23-10-11-24-22)17-7-6-12-25(15-17)16-20(27)26-13-4-5-14-26/h2-3,8-11,17H,4-7,12-16H2,1H3/t17-/m0/s1. The highest BCUT2D eigenvalue weighted by molar-refractivity contribution is 5.78. The first kappa shape index (κ1) is 19.6. The quantitative estimate of drug-likeness (QED) is 0.748. The Kier molecular flexibility index (Phi) is 6.24. The van der Waals surface area contributed by atoms with Crippen molar-refractivity contribution in [1.82, 2.24) is 19.8 Å². The first-order chi connectivity index (χ1) is 14.2. The lowest BCUT2D eigenvalue weighted by molar-refractivity contribution is -0.131. The van der Waals surface area contributed by atoms with Gasteiger partial charge in [-0.15, -0.1) is 0 Å². The molecular weight excluding hydrogens is 368 g/mol. The van der Waals surface area contributed by atoms with Gasteiger partial charge in [-0.05, 0) is 44.4 Å². The van der Waals surface area contributed by atoms with Crippen LogP contribution in [0.5, 0.6) is 17.4 Å². The zero-order valence-corrected chi connectivity index (χ0v) is 16.9. The third-order valence-electron chi connectivity index (χ3n) is 5.68. The van der Waals surface area contributed by atoms with Crippen LogP contribution in [0, 0.1) is 0 Å². The Balaban J connectivity index is 1.47. The second-order valence-corrected chi connectivity index (χ2v) is 7.66. The number of nitrogens with zero attached hydrogens (tertiary/aromatic N) is 4. The van der Waals surface area contributed by atoms with Crippen molar-refractivity contribution in [2.45, 2.75) is 31.6 Å². The van der Waals surface area contributed by atoms with Gasteiger partial charge in [-0.25, -0.2) is 4.98 Å². The van der Waals surface area contributed by atoms with Crippen LogP contribution in [0.25, 0.3) is 0 Å². The molecule has 0 saturated carbocycles. The normalized spacial score (nSPS) is 19.9. The van der Waals surface area contributed by atoms with Gasteiger partial charge < -0.3 is 14.4 Å². The van der Waals surface area contributed by atoms with Crippen molar-refractivity contribution in [3.8, 4) is 17.4 Å². The molecule has 0 bridgehead atoms. The average molecular weight is 396 g/mol. The number of amides is 1. The van der Waals surface area contributed by atoms with Gasteiger partial charge in [0.1, 0.15) is 5.69 Å². The summed E-state index contributed by atoms with van der Waals surface area (Å²) in [5.74, 6) is 2.22. The summed E-state index contributed by atoms with van der Waals surface area (Å²) in [4.78, 5) is 25.8. The molecule has 3 heterocycles. The van der Waals surface area contributed by atoms with Gasteiger partial charge in [0.15, 0.2) is 11.5 Å². The lowest BCUT2D eigenvalue weighted by Crippen LogP contribution is -2.43. The van der Waals surface area contributed by atoms with Crippen LogP contribution in [0.2, 0.25) is 0 Å². The van der Waals surface area contributed by atoms with E-state index in [1.165, 1.54) is 0 Å². The highest BCUT2D eigenvalue weighted by Gasteiger charge is 2.28. The number of likely N-dealkylation sites (tertiary alicyclic amines) is 2. The molecule has 1 aromatic heterocycles. The van der Waals surface area contributed by atoms with Crippen molar-refractivity contribution in [3.63, 3.8) is 0 Å². The first-order valence-electron chi connectivity index (χ1n) is 10.4. The zero-order valence-electron chi connectivity index (χ0n) is 16.9. The Bertz CT molecular complexity index is 838. The Morgan fingerprint density at radius 1 is 1.07 bits per heavy atom. The molecule has 0 aliphatic carbocycles. The van der Waals surface area contributed by atoms with Gasteiger partial charge in [0.25, 0.3) is 0 Å². The summed E-state index contributed by atoms with van der Waals surface area (Å²) in [6, 6.07) is 7.52. The monoisotopic (exact) mass is 396 g/mol. The van der Waals surface area contributed by atoms with Crippen LogP contribution >= 0.6 is 0 Å². The minimum Gasteiger partial charge on any atom is -0.493 e. The molecule has 2 fully saturated rings. The molecule has 0 radical (unpaired) electrons. The second-order valence-electron chi connectivity index (χ2n) is 7.66. The number of benzene rings is 1. The van der Waals surface area contributed by atoms with E-state index in [1.807, 2.05) is 29.2 Å². The van der Waals surface area contributed by atoms with E-state index >= 15 is 0 Å². The summed E-state index contributed by atoms with van der Waals surface area (Å²) in [7, 11) is 1.62. The first-order valence-corrected chi connectivity index (χ1v) is 10.4. The molecule has 0 spiro atoms. The molecule has 2 aliphatic heterocycles. The average Bonchev–Trinajstić information content (AvgIpc) is 3.30. The predicted molar refractivity (Wildman–Crippen MR) is 109 cm³/mol. The van der Waals surface area contributed by atoms with Crippen molar-refractivity contribution >= 4 is 5.91 Å². The van der Waals surface area contributed by atoms with E-state index in [0.29, 0.717) is 23.9 Å². The van der Waals surface area contributed by atoms with E-state index in [-0.39, 0.29) is 11.8 Å². The molecule has 4 rings (SSSR count). The van der Waals surface area contributed by atoms with Gasteiger partial charge in [-0.1, -0.05) is 12.1 Å². The van der Waals surface area contributed by atoms with E-state index in [4.69, 9.17) is 9.47 Å². The van der Waals surface area contributed by atoms with Gasteiger partial charge in [0.05, 0.1) is 13.7 Å². The van der Waals surface area contributed by atoms with Crippen LogP contribution in [0.4, 0.5) is 0 Å². The molecule has 7 heteroatoms. The number of piperidine rings is 1. The minimum atomic E-state index is 0.188. The number of ether oxygens (including phenoxy) is 2. The molecule has 1 atom stereocenters. The Morgan fingerprint density at radius 3 is 2.62 bits per heavy atom. The lowest BCUT2D eigenvalue weighted by Gasteiger charge is -2.33. The number of carbonyl (C=O) groups excluding carboxylic acids is 1. The Morgan fingerprint density at radius 2 is 1.83 bits per heavy atom. The fourth-order valence-electron chi connectivity index (χ4n) is 4.18. The molecule has 0 N–H and O–H groups in total. The molecule has 2 aromatic rings. The molecule has 29 heavy (non-hydrogen) atoms. The lowest BCUT2D eigenvalue weighted by atomic mass is 9.94. The summed E-state index contributed by atoms with van der Waals surface area (Å²) in [5.41, 5.74) is 0.844. The van der Waals surface area contributed by atoms with Crippen molar-refractivity contribution in [2.24, 2.45) is 0 Å². The molecule has 1 amide bonds. The highest BCUT2D eigenvalue weighted by atomic mass is 16.5. The smallest absolute Gasteiger partial charge is 0.241 e. The van der Waals surface area contributed by atoms with Crippen molar-refractivity contribution < 1.29 is 14.3 Å². The van der Waals surface area contributed by atoms with Crippen LogP contribution in [-0.4, -0.2) is 65.5 Å². The molecular formula is C22H28N4O3. The van der Waals surface area contributed by atoms with Crippen molar-refractivity contribution in [2.75, 3.05) is 39.8 Å². The topological polar surface area (TPSA) is 67.8 Å². The molecule has 2 saturated heterocycles. The fraction of sp³-hybridized carbons (Fsp3) is 0.500. The van der Waals surface area contributed by atoms with E-state index in [2.05, 4.69) is 14.9 Å². The van der Waals surface area contributed by atoms with Crippen LogP contribution in [0.3, 0.4) is 0 Å². The number of hydrogen-bond donors (Lipinski definition) is 0. The maximum atomic E-state index is 12.6. The summed E-state index contributed by atoms with van der Waals surface area (Å²) >= 11 is 0. The summed E-state index contributed by atoms with van der Waals surface area (Å²) in [6.45, 7) is 4.02. The molecule has 2 aliphatic rings. The Labute approximate surface area is 171 Å². The van der Waals surface area contributed by atoms with Gasteiger partial charge in [-0.3, -0.25) is 14.7 Å². The fourth-order valence-corrected chi connectivity index (χ4v) is 4.18. The molecule has 154 valence electrons. The number of methoxy groups -OCH3 is 1. The van der Waals surface area contributed by atoms with Crippen LogP contribution in [-0.2, 0) is 4.79 Å². The van der Waals surface area contributed by atoms with Crippen LogP contribution < -0.4 is 9.47 Å². The minimum absolute atomic E-state index is 0.188. The summed E-state index contributed by atoms with van der Waals surface area (Å²) in [6.07, 6.45) is 7.64. The van der Waals surface area contributed by atoms with E-state index in [1.54, 1.807) is 19.5 Å². The highest BCUT2D eigenvalue weighted by Crippen LogP contribution is 2.35. The molecule has 0 unspecified atom stereocenters. The maximum Gasteiger partial charge on any atom is 0.241 e. The zero-order chi connectivity index (χ0) is 20.1. The molecule has 7 nitrogen and oxygen atoms in total. The van der Waals surface area contributed by atoms with Crippen LogP contribution in [0.1, 0.15) is 37.3 Å². The number of aromatic nitrogens is 2. The van der Waals surface area contributed by atoms with Gasteiger partial charge in [0, 0.05) is 37.9 Å². The van der Waals surface area contributed by atoms with Gasteiger partial charge in [-0.2, -0.15) is 0 Å². The van der Waals surface area contributed by atoms with Gasteiger partial charge >= 0.3 is 0 Å². The Hall–Kier alpha value is -2.67. The molecule has 1 aromatic carbocycles. The number of hydrogen-bond acceptors (Lipinski definition) is 6. The van der Waals surface area contributed by atoms with E-state index < -0.39 is 0 Å². The third-order valence-corrected chi connectivity index (χ3v) is 5.68. The van der Waals surface area contributed by atoms with Crippen molar-refractivity contribution in [3.05, 3.63) is 42.4 Å². The number of para-hydroxylation sites is 2. The SMILES string of the molecule is COc1ccccc1Oc1nccnc1[C@H]1CCCN(CC(=O)N2CCCC2)C1. The second kappa shape index (κ2) is 9.22. The predicted octanol–water partition coefficient (Wildman–Crippen LogP) is 3.08. The summed E-state index contributed by atoms with van der Waals surface area (Å²) < 4.78 is 11.5. The van der Waals surface area contributed by atoms with Crippen molar-refractivity contribution in [1.29, 1.82) is 0 Å². The summed E-state index contributed by atoms with van der Waals surface area (Å²) in [5, 5.41) is 0. The van der Waals surface area contributed by atoms with E-state index in [0.717, 1.165) is 57.6 Å². The number of rotatable bonds is 6. The number of carbonyl (C=O) groups is 1. The van der Waals surface area contributed by atoms with E-state index in [9.17, 15) is 4.79 Å². The van der Waals surface area contributed by atoms with Gasteiger partial charge in [0.2, 0.25) is 11.8 Å². The maximum absolute atomic E-state index is 12.6. The third kappa shape index (κ3) is 4.67. The largest absolute Gasteiger partial charge is 0.493 e.